The van der Waals surface area contributed by atoms with Gasteiger partial charge in [0.05, 0.1) is 11.2 Å². The number of aliphatic hydroxyl groups is 1. The number of nitrogen functional groups attached to an aromatic ring is 1. The van der Waals surface area contributed by atoms with Gasteiger partial charge in [-0.1, -0.05) is 0 Å². The van der Waals surface area contributed by atoms with Gasteiger partial charge < -0.3 is 20.1 Å². The lowest BCUT2D eigenvalue weighted by Crippen LogP contribution is -2.70. The number of nitrogens with zero attached hydrogens (tertiary/aromatic N) is 3. The minimum atomic E-state index is -5.06. The van der Waals surface area contributed by atoms with E-state index in [4.69, 9.17) is 5.73 Å². The first kappa shape index (κ1) is 19.7. The van der Waals surface area contributed by atoms with Crippen LogP contribution in [-0.4, -0.2) is 37.8 Å². The highest BCUT2D eigenvalue weighted by atomic mass is 19.4. The molecule has 3 aliphatic carbocycles. The van der Waals surface area contributed by atoms with Gasteiger partial charge >= 0.3 is 12.5 Å². The molecule has 2 aromatic rings. The van der Waals surface area contributed by atoms with Crippen molar-refractivity contribution in [2.75, 3.05) is 5.73 Å². The summed E-state index contributed by atoms with van der Waals surface area (Å²) in [7, 11) is 0. The molecule has 0 aliphatic heterocycles. The molecule has 2 bridgehead atoms. The van der Waals surface area contributed by atoms with E-state index in [1.54, 1.807) is 0 Å². The Hall–Kier alpha value is -2.57. The highest BCUT2D eigenvalue weighted by molar-refractivity contribution is 5.64. The molecule has 0 radical (unpaired) electrons. The topological polar surface area (TPSA) is 86.2 Å². The molecule has 0 aromatic carbocycles. The van der Waals surface area contributed by atoms with Crippen LogP contribution in [0.15, 0.2) is 18.5 Å². The maximum absolute atomic E-state index is 13.9. The second-order valence-electron chi connectivity index (χ2n) is 7.36. The maximum Gasteiger partial charge on any atom is 0.573 e. The monoisotopic (exact) mass is 426 g/mol. The average molecular weight is 426 g/mol. The Kier molecular flexibility index (Phi) is 3.90. The molecule has 1 unspecified atom stereocenters. The van der Waals surface area contributed by atoms with Crippen LogP contribution >= 0.6 is 0 Å². The summed E-state index contributed by atoms with van der Waals surface area (Å²) in [6.07, 6.45) is -11.0. The molecule has 3 N–H and O–H groups in total. The zero-order chi connectivity index (χ0) is 21.4. The fourth-order valence-electron chi connectivity index (χ4n) is 3.92. The first-order valence-electron chi connectivity index (χ1n) is 8.27. The van der Waals surface area contributed by atoms with Gasteiger partial charge in [0.25, 0.3) is 0 Å². The van der Waals surface area contributed by atoms with Crippen molar-refractivity contribution in [2.45, 2.75) is 49.1 Å². The number of ether oxygens (including phenoxy) is 1. The molecule has 3 saturated carbocycles. The molecule has 3 aliphatic rings. The lowest BCUT2D eigenvalue weighted by atomic mass is 9.47. The van der Waals surface area contributed by atoms with Gasteiger partial charge in [-0.25, -0.2) is 14.4 Å². The van der Waals surface area contributed by atoms with Gasteiger partial charge in [0.15, 0.2) is 11.6 Å². The third-order valence-corrected chi connectivity index (χ3v) is 5.14. The smallest absolute Gasteiger partial charge is 0.402 e. The normalized spacial score (nSPS) is 27.2. The van der Waals surface area contributed by atoms with E-state index in [1.807, 2.05) is 0 Å². The number of hydrogen-bond acceptors (Lipinski definition) is 5. The number of anilines is 1. The highest BCUT2D eigenvalue weighted by Crippen LogP contribution is 2.68. The number of aliphatic hydroxyl groups excluding tert-OH is 1. The van der Waals surface area contributed by atoms with E-state index in [0.29, 0.717) is 0 Å². The molecule has 6 nitrogen and oxygen atoms in total. The van der Waals surface area contributed by atoms with Crippen LogP contribution in [0.3, 0.4) is 0 Å². The van der Waals surface area contributed by atoms with Gasteiger partial charge in [-0.15, -0.1) is 13.2 Å². The number of rotatable bonds is 4. The standard InChI is InChI=1S/C16H13F7N4O2/c17-13-4-14(5-13,6-13)27-3-8(26-12(27)10(28)15(18,19)20)7-1-9(11(24)25-2-7)29-16(21,22)23/h1-3,10,28H,4-6H2,(H2,24,25). The van der Waals surface area contributed by atoms with E-state index in [2.05, 4.69) is 14.7 Å². The average Bonchev–Trinajstić information content (AvgIpc) is 2.95. The first-order chi connectivity index (χ1) is 13.2. The zero-order valence-corrected chi connectivity index (χ0v) is 14.4. The van der Waals surface area contributed by atoms with Crippen molar-refractivity contribution < 1.29 is 40.6 Å². The number of aromatic nitrogens is 3. The lowest BCUT2D eigenvalue weighted by molar-refractivity contribution is -0.274. The predicted octanol–water partition coefficient (Wildman–Crippen LogP) is 3.62. The number of nitrogens with two attached hydrogens (primary N) is 1. The SMILES string of the molecule is Nc1ncc(-c2cn(C34CC(F)(C3)C4)c(C(O)C(F)(F)F)n2)cc1OC(F)(F)F. The van der Waals surface area contributed by atoms with E-state index in [0.717, 1.165) is 23.0 Å². The van der Waals surface area contributed by atoms with E-state index >= 15 is 0 Å². The van der Waals surface area contributed by atoms with Gasteiger partial charge in [0.1, 0.15) is 11.5 Å². The second kappa shape index (κ2) is 5.74. The van der Waals surface area contributed by atoms with Gasteiger partial charge in [-0.05, 0) is 6.07 Å². The van der Waals surface area contributed by atoms with E-state index < -0.39 is 47.2 Å². The van der Waals surface area contributed by atoms with Crippen LogP contribution in [0.5, 0.6) is 5.75 Å². The Morgan fingerprint density at radius 1 is 1.17 bits per heavy atom. The van der Waals surface area contributed by atoms with Crippen LogP contribution in [0.1, 0.15) is 31.2 Å². The maximum atomic E-state index is 13.9. The summed E-state index contributed by atoms with van der Waals surface area (Å²) in [5.74, 6) is -2.21. The molecule has 0 spiro atoms. The van der Waals surface area contributed by atoms with Crippen molar-refractivity contribution in [1.82, 2.24) is 14.5 Å². The van der Waals surface area contributed by atoms with Gasteiger partial charge in [0, 0.05) is 37.2 Å². The minimum Gasteiger partial charge on any atom is -0.402 e. The van der Waals surface area contributed by atoms with Crippen molar-refractivity contribution in [3.63, 3.8) is 0 Å². The molecule has 2 aromatic heterocycles. The third-order valence-electron chi connectivity index (χ3n) is 5.14. The zero-order valence-electron chi connectivity index (χ0n) is 14.4. The molecular formula is C16H13F7N4O2. The molecule has 3 fully saturated rings. The van der Waals surface area contributed by atoms with Crippen LogP contribution in [0.2, 0.25) is 0 Å². The Bertz CT molecular complexity index is 949. The summed E-state index contributed by atoms with van der Waals surface area (Å²) in [5.41, 5.74) is 2.64. The number of alkyl halides is 7. The molecular weight excluding hydrogens is 413 g/mol. The van der Waals surface area contributed by atoms with Crippen LogP contribution in [-0.2, 0) is 5.54 Å². The summed E-state index contributed by atoms with van der Waals surface area (Å²) in [4.78, 5) is 7.31. The number of pyridine rings is 1. The number of imidazole rings is 1. The summed E-state index contributed by atoms with van der Waals surface area (Å²) in [6.45, 7) is 0. The minimum absolute atomic E-state index is 0.0319. The first-order valence-corrected chi connectivity index (χ1v) is 8.27. The molecule has 2 heterocycles. The van der Waals surface area contributed by atoms with E-state index in [9.17, 15) is 35.8 Å². The van der Waals surface area contributed by atoms with Crippen LogP contribution < -0.4 is 10.5 Å². The molecule has 5 rings (SSSR count). The number of halogens is 7. The van der Waals surface area contributed by atoms with Gasteiger partial charge in [-0.2, -0.15) is 13.2 Å². The van der Waals surface area contributed by atoms with Crippen LogP contribution in [0.4, 0.5) is 36.6 Å². The van der Waals surface area contributed by atoms with Crippen molar-refractivity contribution in [3.8, 4) is 17.0 Å². The summed E-state index contributed by atoms with van der Waals surface area (Å²) < 4.78 is 95.4. The van der Waals surface area contributed by atoms with Gasteiger partial charge in [0.2, 0.25) is 6.10 Å². The molecule has 0 amide bonds. The van der Waals surface area contributed by atoms with Crippen molar-refractivity contribution in [3.05, 3.63) is 24.3 Å². The quantitative estimate of drug-likeness (QED) is 0.730. The third kappa shape index (κ3) is 3.26. The fraction of sp³-hybridized carbons (Fsp3) is 0.500. The largest absolute Gasteiger partial charge is 0.573 e. The lowest BCUT2D eigenvalue weighted by Gasteiger charge is -2.66. The van der Waals surface area contributed by atoms with Crippen molar-refractivity contribution in [1.29, 1.82) is 0 Å². The van der Waals surface area contributed by atoms with Crippen LogP contribution in [0, 0.1) is 0 Å². The van der Waals surface area contributed by atoms with Gasteiger partial charge in [-0.3, -0.25) is 0 Å². The molecule has 13 heteroatoms. The van der Waals surface area contributed by atoms with Crippen LogP contribution in [0.25, 0.3) is 11.3 Å². The van der Waals surface area contributed by atoms with Crippen molar-refractivity contribution >= 4 is 5.82 Å². The molecule has 1 atom stereocenters. The summed E-state index contributed by atoms with van der Waals surface area (Å²) in [5, 5.41) is 9.70. The Labute approximate surface area is 158 Å². The van der Waals surface area contributed by atoms with E-state index in [1.165, 1.54) is 0 Å². The summed E-state index contributed by atoms with van der Waals surface area (Å²) in [6, 6.07) is 0.824. The molecule has 158 valence electrons. The van der Waals surface area contributed by atoms with Crippen molar-refractivity contribution in [2.24, 2.45) is 0 Å². The molecule has 0 saturated heterocycles. The Balaban J connectivity index is 1.76. The number of hydrogen-bond donors (Lipinski definition) is 2. The van der Waals surface area contributed by atoms with E-state index in [-0.39, 0.29) is 30.5 Å². The highest BCUT2D eigenvalue weighted by Gasteiger charge is 2.71. The second-order valence-corrected chi connectivity index (χ2v) is 7.36. The fourth-order valence-corrected chi connectivity index (χ4v) is 3.92. The molecule has 29 heavy (non-hydrogen) atoms. The summed E-state index contributed by atoms with van der Waals surface area (Å²) >= 11 is 0. The Morgan fingerprint density at radius 2 is 1.79 bits per heavy atom. The Morgan fingerprint density at radius 3 is 2.31 bits per heavy atom. The predicted molar refractivity (Wildman–Crippen MR) is 83.2 cm³/mol.